The van der Waals surface area contributed by atoms with Gasteiger partial charge in [-0.3, -0.25) is 4.79 Å². The van der Waals surface area contributed by atoms with Gasteiger partial charge < -0.3 is 20.8 Å². The highest BCUT2D eigenvalue weighted by Crippen LogP contribution is 2.38. The summed E-state index contributed by atoms with van der Waals surface area (Å²) in [4.78, 5) is 25.3. The Morgan fingerprint density at radius 1 is 1.25 bits per heavy atom. The first-order chi connectivity index (χ1) is 16.8. The van der Waals surface area contributed by atoms with Crippen molar-refractivity contribution in [2.75, 3.05) is 6.61 Å². The van der Waals surface area contributed by atoms with Gasteiger partial charge in [-0.1, -0.05) is 6.92 Å². The molecule has 3 unspecified atom stereocenters. The van der Waals surface area contributed by atoms with Crippen LogP contribution in [-0.2, 0) is 0 Å². The second-order valence-electron chi connectivity index (χ2n) is 10.0. The second kappa shape index (κ2) is 10.7. The number of aryl methyl sites for hydroxylation is 1. The zero-order valence-corrected chi connectivity index (χ0v) is 21.2. The molecule has 0 saturated heterocycles. The van der Waals surface area contributed by atoms with E-state index >= 15 is 0 Å². The fourth-order valence-electron chi connectivity index (χ4n) is 4.90. The average molecular weight is 520 g/mol. The quantitative estimate of drug-likeness (QED) is 0.391. The second-order valence-corrected chi connectivity index (χ2v) is 10.0. The van der Waals surface area contributed by atoms with Gasteiger partial charge in [-0.25, -0.2) is 18.7 Å². The molecule has 5 rings (SSSR count). The largest absolute Gasteiger partial charge is 0.493 e. The Balaban J connectivity index is 0.00000304. The number of rotatable bonds is 7. The summed E-state index contributed by atoms with van der Waals surface area (Å²) in [5.74, 6) is 1.12. The number of hydrogen-bond acceptors (Lipinski definition) is 5. The number of halogens is 3. The molecule has 0 aliphatic heterocycles. The highest BCUT2D eigenvalue weighted by molar-refractivity contribution is 6.09. The molecule has 7 nitrogen and oxygen atoms in total. The number of aromatic nitrogens is 3. The van der Waals surface area contributed by atoms with Crippen LogP contribution in [-0.4, -0.2) is 39.5 Å². The van der Waals surface area contributed by atoms with E-state index in [0.29, 0.717) is 57.7 Å². The van der Waals surface area contributed by atoms with Gasteiger partial charge in [0.25, 0.3) is 12.3 Å². The van der Waals surface area contributed by atoms with Gasteiger partial charge >= 0.3 is 0 Å². The van der Waals surface area contributed by atoms with E-state index in [1.807, 2.05) is 0 Å². The first-order valence-corrected chi connectivity index (χ1v) is 12.3. The third-order valence-electron chi connectivity index (χ3n) is 7.25. The van der Waals surface area contributed by atoms with Gasteiger partial charge in [-0.05, 0) is 69.1 Å². The van der Waals surface area contributed by atoms with Crippen molar-refractivity contribution in [1.82, 2.24) is 20.3 Å². The van der Waals surface area contributed by atoms with Crippen LogP contribution in [0.5, 0.6) is 5.75 Å². The highest BCUT2D eigenvalue weighted by Gasteiger charge is 2.29. The summed E-state index contributed by atoms with van der Waals surface area (Å²) in [6.45, 7) is 4.45. The Labute approximate surface area is 215 Å². The van der Waals surface area contributed by atoms with Gasteiger partial charge in [0, 0.05) is 28.9 Å². The van der Waals surface area contributed by atoms with Crippen LogP contribution in [0.4, 0.5) is 8.78 Å². The zero-order valence-electron chi connectivity index (χ0n) is 20.4. The van der Waals surface area contributed by atoms with Crippen molar-refractivity contribution in [2.24, 2.45) is 17.6 Å². The topological polar surface area (TPSA) is 106 Å². The van der Waals surface area contributed by atoms with E-state index in [1.54, 1.807) is 13.0 Å². The van der Waals surface area contributed by atoms with Crippen LogP contribution in [0.15, 0.2) is 24.5 Å². The summed E-state index contributed by atoms with van der Waals surface area (Å²) >= 11 is 0. The number of benzene rings is 1. The van der Waals surface area contributed by atoms with E-state index in [2.05, 4.69) is 27.2 Å². The number of alkyl halides is 2. The molecule has 0 radical (unpaired) electrons. The van der Waals surface area contributed by atoms with Crippen LogP contribution >= 0.6 is 12.4 Å². The Morgan fingerprint density at radius 2 is 2.03 bits per heavy atom. The first-order valence-electron chi connectivity index (χ1n) is 12.3. The average Bonchev–Trinajstić information content (AvgIpc) is 3.59. The van der Waals surface area contributed by atoms with E-state index < -0.39 is 6.43 Å². The minimum Gasteiger partial charge on any atom is -0.493 e. The molecule has 2 aromatic heterocycles. The molecule has 2 aliphatic carbocycles. The molecular formula is C26H32ClF2N5O2. The highest BCUT2D eigenvalue weighted by atomic mass is 35.5. The van der Waals surface area contributed by atoms with E-state index in [9.17, 15) is 13.6 Å². The lowest BCUT2D eigenvalue weighted by Gasteiger charge is -2.32. The minimum atomic E-state index is -2.62. The van der Waals surface area contributed by atoms with Crippen LogP contribution in [0.2, 0.25) is 0 Å². The molecule has 4 N–H and O–H groups in total. The minimum absolute atomic E-state index is 0. The third-order valence-corrected chi connectivity index (χ3v) is 7.25. The van der Waals surface area contributed by atoms with Crippen molar-refractivity contribution < 1.29 is 18.3 Å². The lowest BCUT2D eigenvalue weighted by molar-refractivity contribution is 0.0918. The SMILES string of the molecule is Cc1[nH]c2c(-c3cc(C(F)F)ccc3OCC3CC3)ncnc2c1C(=O)NC1CCC(N)C(C)C1.Cl. The number of hydrogen-bond donors (Lipinski definition) is 3. The predicted octanol–water partition coefficient (Wildman–Crippen LogP) is 5.33. The Kier molecular flexibility index (Phi) is 7.80. The number of fused-ring (bicyclic) bond motifs is 1. The maximum atomic E-state index is 13.5. The standard InChI is InChI=1S/C26H31F2N5O2.ClH/c1-13-9-17(6-7-19(13)29)33-26(34)21-14(2)32-24-22(30-12-31-23(21)24)18-10-16(25(27)28)5-8-20(18)35-11-15-3-4-15;/h5,8,10,12-13,15,17,19,25,32H,3-4,6-7,9,11,29H2,1-2H3,(H,33,34);1H. The molecule has 1 aromatic carbocycles. The smallest absolute Gasteiger partial charge is 0.263 e. The number of aromatic amines is 1. The van der Waals surface area contributed by atoms with E-state index in [0.717, 1.165) is 32.1 Å². The fourth-order valence-corrected chi connectivity index (χ4v) is 4.90. The van der Waals surface area contributed by atoms with Crippen molar-refractivity contribution in [1.29, 1.82) is 0 Å². The Hall–Kier alpha value is -2.78. The van der Waals surface area contributed by atoms with Crippen LogP contribution in [0.25, 0.3) is 22.3 Å². The Morgan fingerprint density at radius 3 is 2.72 bits per heavy atom. The van der Waals surface area contributed by atoms with Crippen LogP contribution in [0.3, 0.4) is 0 Å². The predicted molar refractivity (Wildman–Crippen MR) is 137 cm³/mol. The van der Waals surface area contributed by atoms with Crippen molar-refractivity contribution in [2.45, 2.75) is 64.5 Å². The lowest BCUT2D eigenvalue weighted by Crippen LogP contribution is -2.44. The summed E-state index contributed by atoms with van der Waals surface area (Å²) in [7, 11) is 0. The molecule has 10 heteroatoms. The van der Waals surface area contributed by atoms with Crippen molar-refractivity contribution in [3.05, 3.63) is 41.3 Å². The third kappa shape index (κ3) is 5.32. The maximum Gasteiger partial charge on any atom is 0.263 e. The first kappa shape index (κ1) is 26.3. The van der Waals surface area contributed by atoms with Crippen LogP contribution in [0, 0.1) is 18.8 Å². The molecule has 0 bridgehead atoms. The molecule has 36 heavy (non-hydrogen) atoms. The number of carbonyl (C=O) groups excluding carboxylic acids is 1. The van der Waals surface area contributed by atoms with Crippen LogP contribution in [0.1, 0.15) is 67.1 Å². The summed E-state index contributed by atoms with van der Waals surface area (Å²) in [5, 5.41) is 3.14. The van der Waals surface area contributed by atoms with Gasteiger partial charge in [-0.2, -0.15) is 0 Å². The monoisotopic (exact) mass is 519 g/mol. The van der Waals surface area contributed by atoms with Crippen molar-refractivity contribution in [3.8, 4) is 17.0 Å². The molecule has 2 heterocycles. The molecule has 3 aromatic rings. The normalized spacial score (nSPS) is 21.9. The van der Waals surface area contributed by atoms with Gasteiger partial charge in [0.15, 0.2) is 0 Å². The number of nitrogens with one attached hydrogen (secondary N) is 2. The summed E-state index contributed by atoms with van der Waals surface area (Å²) < 4.78 is 33.1. The zero-order chi connectivity index (χ0) is 24.7. The molecule has 2 aliphatic rings. The van der Waals surface area contributed by atoms with Gasteiger partial charge in [0.1, 0.15) is 23.3 Å². The number of ether oxygens (including phenoxy) is 1. The number of nitrogens with two attached hydrogens (primary N) is 1. The number of amides is 1. The summed E-state index contributed by atoms with van der Waals surface area (Å²) in [6.07, 6.45) is 3.50. The molecule has 2 saturated carbocycles. The summed E-state index contributed by atoms with van der Waals surface area (Å²) in [6, 6.07) is 4.58. The van der Waals surface area contributed by atoms with E-state index in [4.69, 9.17) is 10.5 Å². The fraction of sp³-hybridized carbons (Fsp3) is 0.500. The molecule has 194 valence electrons. The van der Waals surface area contributed by atoms with E-state index in [-0.39, 0.29) is 36.0 Å². The van der Waals surface area contributed by atoms with Crippen molar-refractivity contribution >= 4 is 29.3 Å². The number of carbonyl (C=O) groups is 1. The van der Waals surface area contributed by atoms with Gasteiger partial charge in [-0.15, -0.1) is 12.4 Å². The summed E-state index contributed by atoms with van der Waals surface area (Å²) in [5.41, 5.74) is 8.97. The molecule has 2 fully saturated rings. The number of nitrogens with zero attached hydrogens (tertiary/aromatic N) is 2. The van der Waals surface area contributed by atoms with Crippen LogP contribution < -0.4 is 15.8 Å². The number of H-pyrrole nitrogens is 1. The molecule has 1 amide bonds. The van der Waals surface area contributed by atoms with Crippen molar-refractivity contribution in [3.63, 3.8) is 0 Å². The van der Waals surface area contributed by atoms with Gasteiger partial charge in [0.05, 0.1) is 17.7 Å². The lowest BCUT2D eigenvalue weighted by atomic mass is 9.83. The molecule has 3 atom stereocenters. The van der Waals surface area contributed by atoms with E-state index in [1.165, 1.54) is 18.5 Å². The molecular weight excluding hydrogens is 488 g/mol. The van der Waals surface area contributed by atoms with Gasteiger partial charge in [0.2, 0.25) is 0 Å². The Bertz CT molecular complexity index is 1250. The molecule has 0 spiro atoms. The maximum absolute atomic E-state index is 13.5.